The highest BCUT2D eigenvalue weighted by Gasteiger charge is 2.21. The standard InChI is InChI=1S/C20H18N2O3/c1-13-10-16(15-6-2-3-7-17(15)22-13)20(23)21-11-14-12-24-18-8-4-5-9-19(18)25-14/h2-10,14H,11-12H2,1H3,(H,21,23)/t14-/m1/s1. The second kappa shape index (κ2) is 6.43. The molecule has 1 aliphatic heterocycles. The lowest BCUT2D eigenvalue weighted by Crippen LogP contribution is -2.40. The number of aryl methyl sites for hydroxylation is 1. The number of ether oxygens (including phenoxy) is 2. The first-order valence-corrected chi connectivity index (χ1v) is 8.24. The Kier molecular flexibility index (Phi) is 3.98. The van der Waals surface area contributed by atoms with E-state index in [4.69, 9.17) is 9.47 Å². The van der Waals surface area contributed by atoms with Gasteiger partial charge in [-0.15, -0.1) is 0 Å². The van der Waals surface area contributed by atoms with Gasteiger partial charge in [0.2, 0.25) is 0 Å². The Morgan fingerprint density at radius 2 is 1.92 bits per heavy atom. The largest absolute Gasteiger partial charge is 0.486 e. The average molecular weight is 334 g/mol. The molecular weight excluding hydrogens is 316 g/mol. The SMILES string of the molecule is Cc1cc(C(=O)NC[C@@H]2COc3ccccc3O2)c2ccccc2n1. The van der Waals surface area contributed by atoms with E-state index >= 15 is 0 Å². The highest BCUT2D eigenvalue weighted by atomic mass is 16.6. The molecular formula is C20H18N2O3. The summed E-state index contributed by atoms with van der Waals surface area (Å²) < 4.78 is 11.6. The number of carbonyl (C=O) groups excluding carboxylic acids is 1. The number of pyridine rings is 1. The lowest BCUT2D eigenvalue weighted by Gasteiger charge is -2.26. The topological polar surface area (TPSA) is 60.5 Å². The van der Waals surface area contributed by atoms with Crippen LogP contribution in [0.3, 0.4) is 0 Å². The van der Waals surface area contributed by atoms with E-state index in [9.17, 15) is 4.79 Å². The van der Waals surface area contributed by atoms with E-state index in [2.05, 4.69) is 10.3 Å². The zero-order valence-electron chi connectivity index (χ0n) is 13.9. The Hall–Kier alpha value is -3.08. The Morgan fingerprint density at radius 3 is 2.80 bits per heavy atom. The number of carbonyl (C=O) groups is 1. The summed E-state index contributed by atoms with van der Waals surface area (Å²) in [7, 11) is 0. The van der Waals surface area contributed by atoms with Crippen LogP contribution in [0.5, 0.6) is 11.5 Å². The summed E-state index contributed by atoms with van der Waals surface area (Å²) in [5, 5.41) is 3.79. The molecule has 1 atom stereocenters. The molecule has 0 spiro atoms. The van der Waals surface area contributed by atoms with Crippen LogP contribution < -0.4 is 14.8 Å². The smallest absolute Gasteiger partial charge is 0.252 e. The van der Waals surface area contributed by atoms with Gasteiger partial charge in [0.15, 0.2) is 11.5 Å². The van der Waals surface area contributed by atoms with Gasteiger partial charge in [0, 0.05) is 11.1 Å². The average Bonchev–Trinajstić information content (AvgIpc) is 2.65. The van der Waals surface area contributed by atoms with Gasteiger partial charge in [0.1, 0.15) is 12.7 Å². The monoisotopic (exact) mass is 334 g/mol. The summed E-state index contributed by atoms with van der Waals surface area (Å²) in [6.07, 6.45) is -0.215. The molecule has 0 saturated heterocycles. The van der Waals surface area contributed by atoms with Crippen LogP contribution in [-0.4, -0.2) is 30.1 Å². The van der Waals surface area contributed by atoms with E-state index in [-0.39, 0.29) is 12.0 Å². The highest BCUT2D eigenvalue weighted by molar-refractivity contribution is 6.06. The number of hydrogen-bond acceptors (Lipinski definition) is 4. The fraction of sp³-hybridized carbons (Fsp3) is 0.200. The highest BCUT2D eigenvalue weighted by Crippen LogP contribution is 2.30. The number of nitrogens with zero attached hydrogens (tertiary/aromatic N) is 1. The summed E-state index contributed by atoms with van der Waals surface area (Å²) in [4.78, 5) is 17.1. The first kappa shape index (κ1) is 15.4. The molecule has 0 fully saturated rings. The molecule has 5 heteroatoms. The van der Waals surface area contributed by atoms with Gasteiger partial charge in [-0.1, -0.05) is 30.3 Å². The number of amides is 1. The predicted molar refractivity (Wildman–Crippen MR) is 95.2 cm³/mol. The molecule has 0 aliphatic carbocycles. The lowest BCUT2D eigenvalue weighted by atomic mass is 10.1. The molecule has 5 nitrogen and oxygen atoms in total. The molecule has 126 valence electrons. The summed E-state index contributed by atoms with van der Waals surface area (Å²) in [5.41, 5.74) is 2.26. The fourth-order valence-corrected chi connectivity index (χ4v) is 2.96. The Balaban J connectivity index is 1.48. The van der Waals surface area contributed by atoms with Gasteiger partial charge in [-0.3, -0.25) is 9.78 Å². The van der Waals surface area contributed by atoms with Crippen LogP contribution in [-0.2, 0) is 0 Å². The fourth-order valence-electron chi connectivity index (χ4n) is 2.96. The second-order valence-electron chi connectivity index (χ2n) is 6.04. The number of nitrogens with one attached hydrogen (secondary N) is 1. The third-order valence-electron chi connectivity index (χ3n) is 4.15. The van der Waals surface area contributed by atoms with Crippen molar-refractivity contribution in [1.82, 2.24) is 10.3 Å². The molecule has 1 amide bonds. The molecule has 0 bridgehead atoms. The number of hydrogen-bond donors (Lipinski definition) is 1. The lowest BCUT2D eigenvalue weighted by molar-refractivity contribution is 0.0790. The summed E-state index contributed by atoms with van der Waals surface area (Å²) in [6, 6.07) is 17.0. The van der Waals surface area contributed by atoms with E-state index in [0.29, 0.717) is 24.5 Å². The molecule has 0 saturated carbocycles. The molecule has 1 aromatic heterocycles. The molecule has 2 heterocycles. The van der Waals surface area contributed by atoms with Crippen molar-refractivity contribution in [1.29, 1.82) is 0 Å². The van der Waals surface area contributed by atoms with Gasteiger partial charge in [-0.05, 0) is 31.2 Å². The minimum atomic E-state index is -0.215. The third-order valence-corrected chi connectivity index (χ3v) is 4.15. The summed E-state index contributed by atoms with van der Waals surface area (Å²) >= 11 is 0. The van der Waals surface area contributed by atoms with Crippen LogP contribution >= 0.6 is 0 Å². The molecule has 4 rings (SSSR count). The number of aromatic nitrogens is 1. The maximum absolute atomic E-state index is 12.7. The van der Waals surface area contributed by atoms with Gasteiger partial charge in [0.25, 0.3) is 5.91 Å². The maximum Gasteiger partial charge on any atom is 0.252 e. The maximum atomic E-state index is 12.7. The zero-order chi connectivity index (χ0) is 17.2. The van der Waals surface area contributed by atoms with Crippen molar-refractivity contribution in [3.8, 4) is 11.5 Å². The third kappa shape index (κ3) is 3.13. The van der Waals surface area contributed by atoms with Gasteiger partial charge in [-0.2, -0.15) is 0 Å². The van der Waals surface area contributed by atoms with Crippen molar-refractivity contribution in [3.63, 3.8) is 0 Å². The minimum Gasteiger partial charge on any atom is -0.486 e. The van der Waals surface area contributed by atoms with Crippen molar-refractivity contribution in [3.05, 3.63) is 65.9 Å². The molecule has 1 aliphatic rings. The Morgan fingerprint density at radius 1 is 1.16 bits per heavy atom. The van der Waals surface area contributed by atoms with Crippen molar-refractivity contribution < 1.29 is 14.3 Å². The van der Waals surface area contributed by atoms with Crippen LogP contribution in [0.25, 0.3) is 10.9 Å². The van der Waals surface area contributed by atoms with Crippen molar-refractivity contribution >= 4 is 16.8 Å². The van der Waals surface area contributed by atoms with Crippen LogP contribution in [0.1, 0.15) is 16.1 Å². The Bertz CT molecular complexity index is 939. The number of para-hydroxylation sites is 3. The molecule has 0 radical (unpaired) electrons. The van der Waals surface area contributed by atoms with Gasteiger partial charge >= 0.3 is 0 Å². The Labute approximate surface area is 145 Å². The quantitative estimate of drug-likeness (QED) is 0.799. The number of rotatable bonds is 3. The van der Waals surface area contributed by atoms with E-state index in [1.54, 1.807) is 0 Å². The van der Waals surface area contributed by atoms with Crippen LogP contribution in [0, 0.1) is 6.92 Å². The van der Waals surface area contributed by atoms with Crippen molar-refractivity contribution in [2.24, 2.45) is 0 Å². The second-order valence-corrected chi connectivity index (χ2v) is 6.04. The van der Waals surface area contributed by atoms with Crippen LogP contribution in [0.2, 0.25) is 0 Å². The number of fused-ring (bicyclic) bond motifs is 2. The van der Waals surface area contributed by atoms with E-state index < -0.39 is 0 Å². The van der Waals surface area contributed by atoms with Gasteiger partial charge in [0.05, 0.1) is 17.6 Å². The van der Waals surface area contributed by atoms with E-state index in [0.717, 1.165) is 22.3 Å². The predicted octanol–water partition coefficient (Wildman–Crippen LogP) is 3.11. The van der Waals surface area contributed by atoms with Crippen LogP contribution in [0.15, 0.2) is 54.6 Å². The van der Waals surface area contributed by atoms with E-state index in [1.807, 2.05) is 61.5 Å². The summed E-state index contributed by atoms with van der Waals surface area (Å²) in [5.74, 6) is 1.31. The molecule has 25 heavy (non-hydrogen) atoms. The zero-order valence-corrected chi connectivity index (χ0v) is 13.9. The van der Waals surface area contributed by atoms with Crippen molar-refractivity contribution in [2.45, 2.75) is 13.0 Å². The molecule has 3 aromatic rings. The molecule has 0 unspecified atom stereocenters. The van der Waals surface area contributed by atoms with E-state index in [1.165, 1.54) is 0 Å². The first-order chi connectivity index (χ1) is 12.2. The van der Waals surface area contributed by atoms with Crippen molar-refractivity contribution in [2.75, 3.05) is 13.2 Å². The first-order valence-electron chi connectivity index (χ1n) is 8.24. The van der Waals surface area contributed by atoms with Crippen LogP contribution in [0.4, 0.5) is 0 Å². The van der Waals surface area contributed by atoms with Gasteiger partial charge in [-0.25, -0.2) is 0 Å². The number of benzene rings is 2. The minimum absolute atomic E-state index is 0.135. The van der Waals surface area contributed by atoms with Gasteiger partial charge < -0.3 is 14.8 Å². The normalized spacial score (nSPS) is 15.8. The summed E-state index contributed by atoms with van der Waals surface area (Å²) in [6.45, 7) is 2.68. The molecule has 1 N–H and O–H groups in total. The molecule has 2 aromatic carbocycles.